The fourth-order valence-corrected chi connectivity index (χ4v) is 2.68. The number of rotatable bonds is 4. The summed E-state index contributed by atoms with van der Waals surface area (Å²) in [4.78, 5) is 24.3. The number of sulfone groups is 1. The van der Waals surface area contributed by atoms with E-state index in [1.54, 1.807) is 17.0 Å². The third kappa shape index (κ3) is 3.36. The van der Waals surface area contributed by atoms with Gasteiger partial charge in [-0.05, 0) is 23.3 Å². The number of carboxylic acids is 1. The van der Waals surface area contributed by atoms with Gasteiger partial charge in [0.25, 0.3) is 0 Å². The minimum Gasteiger partial charge on any atom is -0.478 e. The first kappa shape index (κ1) is 14.5. The molecule has 0 aromatic heterocycles. The van der Waals surface area contributed by atoms with Gasteiger partial charge < -0.3 is 10.0 Å². The number of hydrogen-bond donors (Lipinski definition) is 1. The average Bonchev–Trinajstić information content (AvgIpc) is 2.77. The summed E-state index contributed by atoms with van der Waals surface area (Å²) in [5.41, 5.74) is 1.90. The van der Waals surface area contributed by atoms with Crippen LogP contribution < -0.4 is 0 Å². The highest BCUT2D eigenvalue weighted by atomic mass is 32.2. The molecule has 1 N–H and O–H groups in total. The van der Waals surface area contributed by atoms with Gasteiger partial charge in [0.05, 0.1) is 11.3 Å². The lowest BCUT2D eigenvalue weighted by Crippen LogP contribution is -2.27. The lowest BCUT2D eigenvalue weighted by atomic mass is 10.1. The number of carbonyl (C=O) groups is 2. The summed E-state index contributed by atoms with van der Waals surface area (Å²) in [5.74, 6) is -1.41. The molecule has 1 aliphatic rings. The highest BCUT2D eigenvalue weighted by Crippen LogP contribution is 2.24. The molecule has 1 heterocycles. The molecule has 1 aromatic rings. The highest BCUT2D eigenvalue weighted by molar-refractivity contribution is 7.90. The molecule has 0 radical (unpaired) electrons. The molecule has 1 amide bonds. The minimum absolute atomic E-state index is 0.0430. The Bertz CT molecular complexity index is 665. The largest absolute Gasteiger partial charge is 0.478 e. The van der Waals surface area contributed by atoms with Gasteiger partial charge >= 0.3 is 5.97 Å². The van der Waals surface area contributed by atoms with Crippen molar-refractivity contribution in [1.29, 1.82) is 0 Å². The zero-order valence-electron chi connectivity index (χ0n) is 11.0. The van der Waals surface area contributed by atoms with Crippen molar-refractivity contribution in [3.8, 4) is 0 Å². The van der Waals surface area contributed by atoms with E-state index >= 15 is 0 Å². The zero-order chi connectivity index (χ0) is 14.9. The molecule has 1 aromatic carbocycles. The van der Waals surface area contributed by atoms with E-state index in [1.165, 1.54) is 6.07 Å². The van der Waals surface area contributed by atoms with Crippen LogP contribution in [-0.4, -0.2) is 42.3 Å². The maximum atomic E-state index is 11.9. The monoisotopic (exact) mass is 297 g/mol. The topological polar surface area (TPSA) is 91.8 Å². The van der Waals surface area contributed by atoms with Gasteiger partial charge in [-0.1, -0.05) is 6.07 Å². The van der Waals surface area contributed by atoms with Gasteiger partial charge in [-0.3, -0.25) is 4.79 Å². The second kappa shape index (κ2) is 5.24. The number of fused-ring (bicyclic) bond motifs is 1. The first-order chi connectivity index (χ1) is 9.26. The van der Waals surface area contributed by atoms with Crippen LogP contribution >= 0.6 is 0 Å². The van der Waals surface area contributed by atoms with Crippen LogP contribution in [0.1, 0.15) is 27.9 Å². The summed E-state index contributed by atoms with van der Waals surface area (Å²) in [6, 6.07) is 4.76. The van der Waals surface area contributed by atoms with Crippen LogP contribution in [0, 0.1) is 0 Å². The fraction of sp³-hybridized carbons (Fsp3) is 0.385. The molecule has 0 bridgehead atoms. The van der Waals surface area contributed by atoms with Gasteiger partial charge in [-0.15, -0.1) is 0 Å². The van der Waals surface area contributed by atoms with E-state index in [9.17, 15) is 18.0 Å². The van der Waals surface area contributed by atoms with E-state index in [2.05, 4.69) is 0 Å². The van der Waals surface area contributed by atoms with Crippen molar-refractivity contribution in [3.63, 3.8) is 0 Å². The van der Waals surface area contributed by atoms with Crippen molar-refractivity contribution >= 4 is 21.7 Å². The summed E-state index contributed by atoms with van der Waals surface area (Å²) in [6.45, 7) is 0.733. The third-order valence-electron chi connectivity index (χ3n) is 3.22. The highest BCUT2D eigenvalue weighted by Gasteiger charge is 2.24. The van der Waals surface area contributed by atoms with E-state index in [0.29, 0.717) is 13.1 Å². The smallest absolute Gasteiger partial charge is 0.335 e. The second-order valence-corrected chi connectivity index (χ2v) is 7.18. The van der Waals surface area contributed by atoms with Crippen LogP contribution in [-0.2, 0) is 27.7 Å². The summed E-state index contributed by atoms with van der Waals surface area (Å²) < 4.78 is 22.1. The van der Waals surface area contributed by atoms with Crippen molar-refractivity contribution < 1.29 is 23.1 Å². The summed E-state index contributed by atoms with van der Waals surface area (Å²) in [7, 11) is -3.16. The lowest BCUT2D eigenvalue weighted by Gasteiger charge is -2.14. The minimum atomic E-state index is -3.16. The molecule has 0 spiro atoms. The Hall–Kier alpha value is -1.89. The molecule has 2 rings (SSSR count). The number of hydrogen-bond acceptors (Lipinski definition) is 4. The predicted octanol–water partition coefficient (Wildman–Crippen LogP) is 0.662. The Morgan fingerprint density at radius 2 is 1.90 bits per heavy atom. The molecule has 7 heteroatoms. The predicted molar refractivity (Wildman–Crippen MR) is 72.0 cm³/mol. The Kier molecular flexibility index (Phi) is 3.80. The summed E-state index contributed by atoms with van der Waals surface area (Å²) in [6.07, 6.45) is 1.05. The third-order valence-corrected chi connectivity index (χ3v) is 4.16. The van der Waals surface area contributed by atoms with E-state index in [1.807, 2.05) is 0 Å². The molecular formula is C13H15NO5S. The lowest BCUT2D eigenvalue weighted by molar-refractivity contribution is -0.131. The van der Waals surface area contributed by atoms with Gasteiger partial charge in [0, 0.05) is 25.8 Å². The van der Waals surface area contributed by atoms with E-state index in [4.69, 9.17) is 5.11 Å². The second-order valence-electron chi connectivity index (χ2n) is 4.92. The molecule has 6 nitrogen and oxygen atoms in total. The zero-order valence-corrected chi connectivity index (χ0v) is 11.8. The Morgan fingerprint density at radius 1 is 1.25 bits per heavy atom. The summed E-state index contributed by atoms with van der Waals surface area (Å²) >= 11 is 0. The molecule has 0 saturated heterocycles. The average molecular weight is 297 g/mol. The molecule has 0 unspecified atom stereocenters. The van der Waals surface area contributed by atoms with Crippen molar-refractivity contribution in [3.05, 3.63) is 34.9 Å². The fourth-order valence-electron chi connectivity index (χ4n) is 2.13. The van der Waals surface area contributed by atoms with Crippen LogP contribution in [0.4, 0.5) is 0 Å². The van der Waals surface area contributed by atoms with Crippen LogP contribution in [0.15, 0.2) is 18.2 Å². The maximum Gasteiger partial charge on any atom is 0.335 e. The Morgan fingerprint density at radius 3 is 2.50 bits per heavy atom. The number of carbonyl (C=O) groups excluding carboxylic acids is 1. The molecule has 0 fully saturated rings. The number of benzene rings is 1. The Balaban J connectivity index is 2.05. The molecule has 20 heavy (non-hydrogen) atoms. The molecule has 0 atom stereocenters. The summed E-state index contributed by atoms with van der Waals surface area (Å²) in [5, 5.41) is 8.92. The standard InChI is InChI=1S/C13H15NO5S/c1-20(18,19)5-4-12(15)14-7-10-3-2-9(13(16)17)6-11(10)8-14/h2-3,6H,4-5,7-8H2,1H3,(H,16,17). The number of nitrogens with zero attached hydrogens (tertiary/aromatic N) is 1. The molecule has 108 valence electrons. The van der Waals surface area contributed by atoms with Gasteiger partial charge in [-0.25, -0.2) is 13.2 Å². The number of aromatic carboxylic acids is 1. The SMILES string of the molecule is CS(=O)(=O)CCC(=O)N1Cc2ccc(C(=O)O)cc2C1. The van der Waals surface area contributed by atoms with Crippen LogP contribution in [0.5, 0.6) is 0 Å². The van der Waals surface area contributed by atoms with E-state index in [-0.39, 0.29) is 23.6 Å². The van der Waals surface area contributed by atoms with Gasteiger partial charge in [0.2, 0.25) is 5.91 Å². The van der Waals surface area contributed by atoms with Crippen LogP contribution in [0.25, 0.3) is 0 Å². The number of carboxylic acid groups (broad SMARTS) is 1. The quantitative estimate of drug-likeness (QED) is 0.881. The normalized spacial score (nSPS) is 14.2. The molecular weight excluding hydrogens is 282 g/mol. The molecule has 1 aliphatic heterocycles. The Labute approximate surface area is 116 Å². The van der Waals surface area contributed by atoms with Crippen molar-refractivity contribution in [2.45, 2.75) is 19.5 Å². The van der Waals surface area contributed by atoms with E-state index < -0.39 is 15.8 Å². The van der Waals surface area contributed by atoms with Crippen molar-refractivity contribution in [2.75, 3.05) is 12.0 Å². The van der Waals surface area contributed by atoms with Gasteiger partial charge in [0.1, 0.15) is 9.84 Å². The first-order valence-corrected chi connectivity index (χ1v) is 8.13. The number of amides is 1. The van der Waals surface area contributed by atoms with Gasteiger partial charge in [0.15, 0.2) is 0 Å². The maximum absolute atomic E-state index is 11.9. The molecule has 0 saturated carbocycles. The van der Waals surface area contributed by atoms with Crippen LogP contribution in [0.2, 0.25) is 0 Å². The van der Waals surface area contributed by atoms with Crippen molar-refractivity contribution in [2.24, 2.45) is 0 Å². The van der Waals surface area contributed by atoms with Gasteiger partial charge in [-0.2, -0.15) is 0 Å². The molecule has 0 aliphatic carbocycles. The van der Waals surface area contributed by atoms with Crippen molar-refractivity contribution in [1.82, 2.24) is 4.90 Å². The van der Waals surface area contributed by atoms with E-state index in [0.717, 1.165) is 17.4 Å². The first-order valence-electron chi connectivity index (χ1n) is 6.07. The van der Waals surface area contributed by atoms with Crippen LogP contribution in [0.3, 0.4) is 0 Å².